The molecule has 0 rings (SSSR count). The highest BCUT2D eigenvalue weighted by Gasteiger charge is 2.44. The minimum atomic E-state index is -1.02. The molecule has 0 aliphatic carbocycles. The minimum Gasteiger partial charge on any atom is -0.387 e. The second-order valence-corrected chi connectivity index (χ2v) is 3.62. The SMILES string of the molecule is C=CCC(O)(CC)C(O)(CC)CC. The van der Waals surface area contributed by atoms with Gasteiger partial charge in [0.25, 0.3) is 0 Å². The van der Waals surface area contributed by atoms with E-state index in [1.54, 1.807) is 6.08 Å². The molecule has 0 aliphatic rings. The van der Waals surface area contributed by atoms with E-state index < -0.39 is 11.2 Å². The molecule has 0 fully saturated rings. The molecular formula is C11H22O2. The fourth-order valence-electron chi connectivity index (χ4n) is 1.81. The second-order valence-electron chi connectivity index (χ2n) is 3.62. The molecule has 0 amide bonds. The van der Waals surface area contributed by atoms with Gasteiger partial charge in [-0.2, -0.15) is 0 Å². The lowest BCUT2D eigenvalue weighted by molar-refractivity contribution is -0.155. The van der Waals surface area contributed by atoms with E-state index in [0.717, 1.165) is 0 Å². The summed E-state index contributed by atoms with van der Waals surface area (Å²) in [7, 11) is 0. The van der Waals surface area contributed by atoms with Gasteiger partial charge < -0.3 is 10.2 Å². The molecule has 0 aromatic heterocycles. The van der Waals surface area contributed by atoms with Crippen molar-refractivity contribution in [2.24, 2.45) is 0 Å². The minimum absolute atomic E-state index is 0.446. The third-order valence-corrected chi connectivity index (χ3v) is 3.10. The summed E-state index contributed by atoms with van der Waals surface area (Å²) in [4.78, 5) is 0. The summed E-state index contributed by atoms with van der Waals surface area (Å²) in [6.07, 6.45) is 3.81. The Labute approximate surface area is 81.3 Å². The van der Waals surface area contributed by atoms with Crippen molar-refractivity contribution in [1.29, 1.82) is 0 Å². The van der Waals surface area contributed by atoms with E-state index in [9.17, 15) is 10.2 Å². The Hall–Kier alpha value is -0.340. The first-order valence-corrected chi connectivity index (χ1v) is 5.05. The van der Waals surface area contributed by atoms with Gasteiger partial charge in [0.1, 0.15) is 0 Å². The number of hydrogen-bond acceptors (Lipinski definition) is 2. The van der Waals surface area contributed by atoms with E-state index in [-0.39, 0.29) is 0 Å². The van der Waals surface area contributed by atoms with Crippen LogP contribution in [0.1, 0.15) is 46.5 Å². The summed E-state index contributed by atoms with van der Waals surface area (Å²) in [5, 5.41) is 20.4. The van der Waals surface area contributed by atoms with Crippen LogP contribution in [0, 0.1) is 0 Å². The summed E-state index contributed by atoms with van der Waals surface area (Å²) >= 11 is 0. The lowest BCUT2D eigenvalue weighted by Crippen LogP contribution is -2.52. The first-order chi connectivity index (χ1) is 5.99. The molecule has 0 saturated carbocycles. The van der Waals surface area contributed by atoms with E-state index in [0.29, 0.717) is 25.7 Å². The van der Waals surface area contributed by atoms with E-state index >= 15 is 0 Å². The van der Waals surface area contributed by atoms with Gasteiger partial charge in [0.15, 0.2) is 0 Å². The predicted molar refractivity (Wildman–Crippen MR) is 55.6 cm³/mol. The van der Waals surface area contributed by atoms with Gasteiger partial charge >= 0.3 is 0 Å². The molecule has 13 heavy (non-hydrogen) atoms. The van der Waals surface area contributed by atoms with Crippen LogP contribution in [0.3, 0.4) is 0 Å². The molecular weight excluding hydrogens is 164 g/mol. The smallest absolute Gasteiger partial charge is 0.0964 e. The van der Waals surface area contributed by atoms with E-state index in [2.05, 4.69) is 6.58 Å². The van der Waals surface area contributed by atoms with E-state index in [4.69, 9.17) is 0 Å². The van der Waals surface area contributed by atoms with Gasteiger partial charge in [0.05, 0.1) is 11.2 Å². The first-order valence-electron chi connectivity index (χ1n) is 5.05. The molecule has 0 aromatic carbocycles. The Morgan fingerprint density at radius 2 is 1.38 bits per heavy atom. The van der Waals surface area contributed by atoms with Gasteiger partial charge in [-0.25, -0.2) is 0 Å². The maximum absolute atomic E-state index is 10.2. The lowest BCUT2D eigenvalue weighted by Gasteiger charge is -2.42. The number of aliphatic hydroxyl groups is 2. The van der Waals surface area contributed by atoms with E-state index in [1.807, 2.05) is 20.8 Å². The molecule has 0 saturated heterocycles. The van der Waals surface area contributed by atoms with Crippen molar-refractivity contribution >= 4 is 0 Å². The molecule has 0 aliphatic heterocycles. The highest BCUT2D eigenvalue weighted by molar-refractivity contribution is 5.00. The van der Waals surface area contributed by atoms with Gasteiger partial charge in [-0.3, -0.25) is 0 Å². The summed E-state index contributed by atoms with van der Waals surface area (Å²) in [6, 6.07) is 0. The molecule has 0 radical (unpaired) electrons. The maximum Gasteiger partial charge on any atom is 0.0964 e. The van der Waals surface area contributed by atoms with Crippen molar-refractivity contribution in [1.82, 2.24) is 0 Å². The fraction of sp³-hybridized carbons (Fsp3) is 0.818. The van der Waals surface area contributed by atoms with Crippen LogP contribution in [0.2, 0.25) is 0 Å². The van der Waals surface area contributed by atoms with Crippen molar-refractivity contribution in [2.45, 2.75) is 57.7 Å². The van der Waals surface area contributed by atoms with Crippen LogP contribution >= 0.6 is 0 Å². The van der Waals surface area contributed by atoms with Crippen molar-refractivity contribution in [3.05, 3.63) is 12.7 Å². The van der Waals surface area contributed by atoms with Crippen molar-refractivity contribution < 1.29 is 10.2 Å². The average molecular weight is 186 g/mol. The largest absolute Gasteiger partial charge is 0.387 e. The Kier molecular flexibility index (Phi) is 4.65. The summed E-state index contributed by atoms with van der Waals surface area (Å²) < 4.78 is 0. The van der Waals surface area contributed by atoms with Crippen LogP contribution in [0.4, 0.5) is 0 Å². The maximum atomic E-state index is 10.2. The quantitative estimate of drug-likeness (QED) is 0.625. The third kappa shape index (κ3) is 2.32. The van der Waals surface area contributed by atoms with Crippen LogP contribution in [0.25, 0.3) is 0 Å². The van der Waals surface area contributed by atoms with Gasteiger partial charge in [-0.05, 0) is 25.7 Å². The lowest BCUT2D eigenvalue weighted by atomic mass is 9.75. The third-order valence-electron chi connectivity index (χ3n) is 3.10. The molecule has 78 valence electrons. The zero-order valence-corrected chi connectivity index (χ0v) is 9.01. The molecule has 0 aromatic rings. The van der Waals surface area contributed by atoms with Gasteiger partial charge in [-0.15, -0.1) is 6.58 Å². The van der Waals surface area contributed by atoms with Crippen LogP contribution in [0.5, 0.6) is 0 Å². The molecule has 1 unspecified atom stereocenters. The molecule has 2 nitrogen and oxygen atoms in total. The monoisotopic (exact) mass is 186 g/mol. The van der Waals surface area contributed by atoms with Crippen LogP contribution in [0.15, 0.2) is 12.7 Å². The number of hydrogen-bond donors (Lipinski definition) is 2. The molecule has 0 spiro atoms. The second kappa shape index (κ2) is 4.77. The van der Waals surface area contributed by atoms with Gasteiger partial charge in [-0.1, -0.05) is 26.8 Å². The molecule has 2 N–H and O–H groups in total. The van der Waals surface area contributed by atoms with Crippen LogP contribution < -0.4 is 0 Å². The van der Waals surface area contributed by atoms with Crippen molar-refractivity contribution in [3.8, 4) is 0 Å². The Bertz CT molecular complexity index is 161. The van der Waals surface area contributed by atoms with Gasteiger partial charge in [0.2, 0.25) is 0 Å². The summed E-state index contributed by atoms with van der Waals surface area (Å²) in [6.45, 7) is 9.29. The fourth-order valence-corrected chi connectivity index (χ4v) is 1.81. The van der Waals surface area contributed by atoms with Gasteiger partial charge in [0, 0.05) is 0 Å². The standard InChI is InChI=1S/C11H22O2/c1-5-9-11(13,8-4)10(12,6-2)7-3/h5,12-13H,1,6-9H2,2-4H3. The summed E-state index contributed by atoms with van der Waals surface area (Å²) in [5.74, 6) is 0. The summed E-state index contributed by atoms with van der Waals surface area (Å²) in [5.41, 5.74) is -1.99. The van der Waals surface area contributed by atoms with Crippen molar-refractivity contribution in [2.75, 3.05) is 0 Å². The van der Waals surface area contributed by atoms with Crippen LogP contribution in [-0.4, -0.2) is 21.4 Å². The average Bonchev–Trinajstić information content (AvgIpc) is 2.16. The Morgan fingerprint density at radius 1 is 1.00 bits per heavy atom. The van der Waals surface area contributed by atoms with E-state index in [1.165, 1.54) is 0 Å². The molecule has 0 heterocycles. The Balaban J connectivity index is 4.78. The zero-order chi connectivity index (χ0) is 10.5. The highest BCUT2D eigenvalue weighted by Crippen LogP contribution is 2.34. The molecule has 0 bridgehead atoms. The van der Waals surface area contributed by atoms with Crippen molar-refractivity contribution in [3.63, 3.8) is 0 Å². The predicted octanol–water partition coefficient (Wildman–Crippen LogP) is 2.25. The Morgan fingerprint density at radius 3 is 1.62 bits per heavy atom. The zero-order valence-electron chi connectivity index (χ0n) is 9.01. The number of rotatable bonds is 6. The molecule has 1 atom stereocenters. The highest BCUT2D eigenvalue weighted by atomic mass is 16.4. The first kappa shape index (κ1) is 12.7. The topological polar surface area (TPSA) is 40.5 Å². The molecule has 2 heteroatoms. The van der Waals surface area contributed by atoms with Crippen LogP contribution in [-0.2, 0) is 0 Å². The normalized spacial score (nSPS) is 16.7.